The van der Waals surface area contributed by atoms with Crippen LogP contribution in [0.5, 0.6) is 0 Å². The van der Waals surface area contributed by atoms with Crippen LogP contribution in [-0.2, 0) is 12.5 Å². The second-order valence-corrected chi connectivity index (χ2v) is 3.64. The highest BCUT2D eigenvalue weighted by Gasteiger charge is 2.47. The average molecular weight is 235 g/mol. The lowest BCUT2D eigenvalue weighted by molar-refractivity contribution is -0.0287. The van der Waals surface area contributed by atoms with Crippen LogP contribution in [0.4, 0.5) is 8.78 Å². The summed E-state index contributed by atoms with van der Waals surface area (Å²) in [5.41, 5.74) is 5.91. The molecule has 0 amide bonds. The maximum absolute atomic E-state index is 13.6. The molecule has 0 radical (unpaired) electrons. The number of nitrogens with two attached hydrogens (primary N) is 1. The molecule has 84 valence electrons. The smallest absolute Gasteiger partial charge is 0.276 e. The summed E-state index contributed by atoms with van der Waals surface area (Å²) in [5.74, 6) is -3.18. The van der Waals surface area contributed by atoms with Gasteiger partial charge in [-0.05, 0) is 25.0 Å². The Morgan fingerprint density at radius 1 is 1.47 bits per heavy atom. The number of rotatable bonds is 3. The molecule has 0 saturated heterocycles. The van der Waals surface area contributed by atoms with Gasteiger partial charge in [0.2, 0.25) is 0 Å². The Kier molecular flexibility index (Phi) is 3.62. The first kappa shape index (κ1) is 12.3. The fraction of sp³-hybridized carbons (Fsp3) is 0.500. The van der Waals surface area contributed by atoms with Crippen LogP contribution >= 0.6 is 12.4 Å². The second-order valence-electron chi connectivity index (χ2n) is 3.64. The number of aromatic nitrogens is 1. The quantitative estimate of drug-likeness (QED) is 0.873. The van der Waals surface area contributed by atoms with Gasteiger partial charge in [0, 0.05) is 24.2 Å². The lowest BCUT2D eigenvalue weighted by Gasteiger charge is -2.16. The van der Waals surface area contributed by atoms with Gasteiger partial charge in [0.05, 0.1) is 5.69 Å². The Morgan fingerprint density at radius 2 is 2.13 bits per heavy atom. The first-order chi connectivity index (χ1) is 6.64. The topological polar surface area (TPSA) is 38.9 Å². The van der Waals surface area contributed by atoms with Crippen molar-refractivity contribution in [3.8, 4) is 0 Å². The van der Waals surface area contributed by atoms with Gasteiger partial charge in [-0.15, -0.1) is 12.4 Å². The first-order valence-electron chi connectivity index (χ1n) is 4.68. The van der Waals surface area contributed by atoms with E-state index < -0.39 is 11.8 Å². The molecule has 1 aromatic rings. The SMILES string of the molecule is Cl.NCc1cc(C(F)(F)C2CC2)ccn1. The van der Waals surface area contributed by atoms with Crippen molar-refractivity contribution >= 4 is 12.4 Å². The van der Waals surface area contributed by atoms with Crippen LogP contribution in [0, 0.1) is 5.92 Å². The molecule has 1 aliphatic carbocycles. The maximum atomic E-state index is 13.6. The average Bonchev–Trinajstić information content (AvgIpc) is 3.01. The summed E-state index contributed by atoms with van der Waals surface area (Å²) in [5, 5.41) is 0. The molecule has 1 heterocycles. The highest BCUT2D eigenvalue weighted by Crippen LogP contribution is 2.49. The molecule has 0 aromatic carbocycles. The summed E-state index contributed by atoms with van der Waals surface area (Å²) in [7, 11) is 0. The molecule has 0 spiro atoms. The van der Waals surface area contributed by atoms with Crippen LogP contribution in [0.25, 0.3) is 0 Å². The first-order valence-corrected chi connectivity index (χ1v) is 4.68. The van der Waals surface area contributed by atoms with Crippen molar-refractivity contribution in [3.63, 3.8) is 0 Å². The summed E-state index contributed by atoms with van der Waals surface area (Å²) in [6.45, 7) is 0.203. The van der Waals surface area contributed by atoms with E-state index in [2.05, 4.69) is 4.98 Å². The van der Waals surface area contributed by atoms with Crippen molar-refractivity contribution in [1.82, 2.24) is 4.98 Å². The minimum atomic E-state index is -2.70. The minimum absolute atomic E-state index is 0. The van der Waals surface area contributed by atoms with E-state index in [-0.39, 0.29) is 24.5 Å². The zero-order chi connectivity index (χ0) is 10.2. The van der Waals surface area contributed by atoms with E-state index in [4.69, 9.17) is 5.73 Å². The van der Waals surface area contributed by atoms with Crippen LogP contribution in [0.15, 0.2) is 18.3 Å². The molecule has 2 N–H and O–H groups in total. The van der Waals surface area contributed by atoms with Gasteiger partial charge in [-0.1, -0.05) is 0 Å². The Hall–Kier alpha value is -0.740. The minimum Gasteiger partial charge on any atom is -0.325 e. The van der Waals surface area contributed by atoms with Gasteiger partial charge in [0.25, 0.3) is 5.92 Å². The number of nitrogens with zero attached hydrogens (tertiary/aromatic N) is 1. The van der Waals surface area contributed by atoms with Gasteiger partial charge >= 0.3 is 0 Å². The molecule has 0 aliphatic heterocycles. The van der Waals surface area contributed by atoms with Crippen molar-refractivity contribution in [1.29, 1.82) is 0 Å². The molecule has 1 saturated carbocycles. The molecule has 0 unspecified atom stereocenters. The third kappa shape index (κ3) is 2.44. The molecule has 1 aromatic heterocycles. The van der Waals surface area contributed by atoms with Crippen LogP contribution in [0.3, 0.4) is 0 Å². The number of halogens is 3. The summed E-state index contributed by atoms with van der Waals surface area (Å²) < 4.78 is 27.2. The molecule has 5 heteroatoms. The van der Waals surface area contributed by atoms with Crippen molar-refractivity contribution < 1.29 is 8.78 Å². The van der Waals surface area contributed by atoms with Crippen LogP contribution < -0.4 is 5.73 Å². The van der Waals surface area contributed by atoms with E-state index in [1.54, 1.807) is 0 Å². The Labute approximate surface area is 93.3 Å². The zero-order valence-electron chi connectivity index (χ0n) is 8.12. The summed E-state index contributed by atoms with van der Waals surface area (Å²) in [4.78, 5) is 3.89. The monoisotopic (exact) mass is 234 g/mol. The third-order valence-electron chi connectivity index (χ3n) is 2.50. The largest absolute Gasteiger partial charge is 0.325 e. The molecular formula is C10H13ClF2N2. The van der Waals surface area contributed by atoms with E-state index in [0.717, 1.165) is 0 Å². The highest BCUT2D eigenvalue weighted by atomic mass is 35.5. The fourth-order valence-electron chi connectivity index (χ4n) is 1.48. The van der Waals surface area contributed by atoms with E-state index in [1.807, 2.05) is 0 Å². The normalized spacial score (nSPS) is 15.9. The Balaban J connectivity index is 0.00000112. The molecule has 15 heavy (non-hydrogen) atoms. The predicted octanol–water partition coefficient (Wildman–Crippen LogP) is 2.46. The van der Waals surface area contributed by atoms with E-state index in [9.17, 15) is 8.78 Å². The molecule has 0 bridgehead atoms. The predicted molar refractivity (Wildman–Crippen MR) is 56.0 cm³/mol. The van der Waals surface area contributed by atoms with Crippen LogP contribution in [0.2, 0.25) is 0 Å². The maximum Gasteiger partial charge on any atom is 0.276 e. The number of pyridine rings is 1. The van der Waals surface area contributed by atoms with Crippen molar-refractivity contribution in [3.05, 3.63) is 29.6 Å². The molecule has 0 atom stereocenters. The number of alkyl halides is 2. The lowest BCUT2D eigenvalue weighted by atomic mass is 10.0. The highest BCUT2D eigenvalue weighted by molar-refractivity contribution is 5.85. The van der Waals surface area contributed by atoms with E-state index in [0.29, 0.717) is 18.5 Å². The van der Waals surface area contributed by atoms with Crippen LogP contribution in [0.1, 0.15) is 24.1 Å². The zero-order valence-corrected chi connectivity index (χ0v) is 8.94. The number of hydrogen-bond donors (Lipinski definition) is 1. The van der Waals surface area contributed by atoms with Crippen molar-refractivity contribution in [2.45, 2.75) is 25.3 Å². The van der Waals surface area contributed by atoms with Gasteiger partial charge in [0.15, 0.2) is 0 Å². The van der Waals surface area contributed by atoms with Crippen LogP contribution in [-0.4, -0.2) is 4.98 Å². The Bertz CT molecular complexity index is 340. The molecule has 2 rings (SSSR count). The van der Waals surface area contributed by atoms with E-state index >= 15 is 0 Å². The standard InChI is InChI=1S/C10H12F2N2.ClH/c11-10(12,7-1-2-7)8-3-4-14-9(5-8)6-13;/h3-5,7H,1-2,6,13H2;1H. The summed E-state index contributed by atoms with van der Waals surface area (Å²) >= 11 is 0. The van der Waals surface area contributed by atoms with Gasteiger partial charge in [0.1, 0.15) is 0 Å². The van der Waals surface area contributed by atoms with Crippen molar-refractivity contribution in [2.24, 2.45) is 11.7 Å². The Morgan fingerprint density at radius 3 is 2.67 bits per heavy atom. The molecular weight excluding hydrogens is 222 g/mol. The lowest BCUT2D eigenvalue weighted by Crippen LogP contribution is -2.17. The fourth-order valence-corrected chi connectivity index (χ4v) is 1.48. The van der Waals surface area contributed by atoms with Gasteiger partial charge < -0.3 is 5.73 Å². The molecule has 1 fully saturated rings. The van der Waals surface area contributed by atoms with E-state index in [1.165, 1.54) is 18.3 Å². The number of hydrogen-bond acceptors (Lipinski definition) is 2. The molecule has 2 nitrogen and oxygen atoms in total. The third-order valence-corrected chi connectivity index (χ3v) is 2.50. The van der Waals surface area contributed by atoms with Gasteiger partial charge in [-0.2, -0.15) is 0 Å². The van der Waals surface area contributed by atoms with Crippen molar-refractivity contribution in [2.75, 3.05) is 0 Å². The summed E-state index contributed by atoms with van der Waals surface area (Å²) in [6.07, 6.45) is 2.63. The molecule has 1 aliphatic rings. The van der Waals surface area contributed by atoms with Gasteiger partial charge in [-0.3, -0.25) is 4.98 Å². The second kappa shape index (κ2) is 4.41. The van der Waals surface area contributed by atoms with Gasteiger partial charge in [-0.25, -0.2) is 8.78 Å². The summed E-state index contributed by atoms with van der Waals surface area (Å²) in [6, 6.07) is 2.77.